The van der Waals surface area contributed by atoms with Crippen molar-refractivity contribution in [2.75, 3.05) is 21.3 Å². The first kappa shape index (κ1) is 23.4. The number of rotatable bonds is 8. The van der Waals surface area contributed by atoms with Gasteiger partial charge >= 0.3 is 0 Å². The molecule has 3 rings (SSSR count). The van der Waals surface area contributed by atoms with Crippen LogP contribution in [-0.2, 0) is 6.54 Å². The van der Waals surface area contributed by atoms with Crippen molar-refractivity contribution >= 4 is 35.3 Å². The molecule has 1 heterocycles. The summed E-state index contributed by atoms with van der Waals surface area (Å²) in [6, 6.07) is 10.5. The van der Waals surface area contributed by atoms with E-state index >= 15 is 0 Å². The monoisotopic (exact) mass is 476 g/mol. The van der Waals surface area contributed by atoms with Gasteiger partial charge in [0.25, 0.3) is 5.91 Å². The van der Waals surface area contributed by atoms with E-state index < -0.39 is 5.91 Å². The molecule has 3 aromatic rings. The van der Waals surface area contributed by atoms with Crippen molar-refractivity contribution in [1.82, 2.24) is 15.2 Å². The first-order valence-electron chi connectivity index (χ1n) is 9.48. The number of hydrogen-bond donors (Lipinski definition) is 1. The Morgan fingerprint density at radius 3 is 2.28 bits per heavy atom. The highest BCUT2D eigenvalue weighted by Crippen LogP contribution is 2.38. The van der Waals surface area contributed by atoms with Gasteiger partial charge in [0.2, 0.25) is 5.75 Å². The number of nitrogens with zero attached hydrogens (tertiary/aromatic N) is 3. The van der Waals surface area contributed by atoms with Gasteiger partial charge in [0.1, 0.15) is 5.15 Å². The summed E-state index contributed by atoms with van der Waals surface area (Å²) in [5, 5.41) is 9.55. The Bertz CT molecular complexity index is 1120. The number of hydrogen-bond acceptors (Lipinski definition) is 6. The zero-order chi connectivity index (χ0) is 23.3. The lowest BCUT2D eigenvalue weighted by molar-refractivity contribution is 0.0954. The maximum absolute atomic E-state index is 12.6. The fourth-order valence-corrected chi connectivity index (χ4v) is 3.42. The minimum absolute atomic E-state index is 0.290. The molecule has 0 bridgehead atoms. The van der Waals surface area contributed by atoms with Crippen LogP contribution in [0.5, 0.6) is 17.2 Å². The van der Waals surface area contributed by atoms with E-state index in [2.05, 4.69) is 15.6 Å². The highest BCUT2D eigenvalue weighted by molar-refractivity contribution is 6.32. The van der Waals surface area contributed by atoms with Crippen molar-refractivity contribution in [3.63, 3.8) is 0 Å². The summed E-state index contributed by atoms with van der Waals surface area (Å²) in [5.41, 5.74) is 5.04. The SMILES string of the molecule is COc1cc(C(=O)N/N=C/c2c(C)nn(Cc3ccc(Cl)cc3)c2Cl)cc(OC)c1OC. The van der Waals surface area contributed by atoms with Gasteiger partial charge in [-0.05, 0) is 36.8 Å². The minimum Gasteiger partial charge on any atom is -0.493 e. The molecule has 0 saturated heterocycles. The largest absolute Gasteiger partial charge is 0.493 e. The van der Waals surface area contributed by atoms with E-state index in [-0.39, 0.29) is 5.56 Å². The molecular formula is C22H22Cl2N4O4. The van der Waals surface area contributed by atoms with Crippen LogP contribution in [0.3, 0.4) is 0 Å². The predicted molar refractivity (Wildman–Crippen MR) is 124 cm³/mol. The van der Waals surface area contributed by atoms with Crippen molar-refractivity contribution < 1.29 is 19.0 Å². The van der Waals surface area contributed by atoms with Crippen LogP contribution in [0, 0.1) is 6.92 Å². The predicted octanol–water partition coefficient (Wildman–Crippen LogP) is 4.34. The number of aromatic nitrogens is 2. The van der Waals surface area contributed by atoms with Crippen LogP contribution in [0.15, 0.2) is 41.5 Å². The number of hydrazone groups is 1. The number of nitrogens with one attached hydrogen (secondary N) is 1. The van der Waals surface area contributed by atoms with Crippen molar-refractivity contribution in [3.8, 4) is 17.2 Å². The van der Waals surface area contributed by atoms with Gasteiger partial charge in [0.05, 0.1) is 45.3 Å². The lowest BCUT2D eigenvalue weighted by Crippen LogP contribution is -2.18. The van der Waals surface area contributed by atoms with E-state index in [4.69, 9.17) is 37.4 Å². The normalized spacial score (nSPS) is 10.9. The molecule has 0 saturated carbocycles. The molecule has 0 aliphatic rings. The first-order chi connectivity index (χ1) is 15.4. The van der Waals surface area contributed by atoms with Gasteiger partial charge in [0, 0.05) is 10.6 Å². The fraction of sp³-hybridized carbons (Fsp3) is 0.227. The molecule has 0 atom stereocenters. The Labute approximate surface area is 195 Å². The molecule has 0 aliphatic carbocycles. The lowest BCUT2D eigenvalue weighted by atomic mass is 10.1. The van der Waals surface area contributed by atoms with Gasteiger partial charge in [-0.1, -0.05) is 35.3 Å². The molecule has 32 heavy (non-hydrogen) atoms. The van der Waals surface area contributed by atoms with Crippen LogP contribution in [0.2, 0.25) is 10.2 Å². The molecule has 0 spiro atoms. The topological polar surface area (TPSA) is 87.0 Å². The van der Waals surface area contributed by atoms with Crippen molar-refractivity contribution in [1.29, 1.82) is 0 Å². The summed E-state index contributed by atoms with van der Waals surface area (Å²) in [5.74, 6) is 0.667. The molecule has 168 valence electrons. The second-order valence-corrected chi connectivity index (χ2v) is 7.48. The zero-order valence-corrected chi connectivity index (χ0v) is 19.5. The number of methoxy groups -OCH3 is 3. The van der Waals surface area contributed by atoms with Crippen LogP contribution >= 0.6 is 23.2 Å². The molecule has 10 heteroatoms. The molecule has 1 N–H and O–H groups in total. The summed E-state index contributed by atoms with van der Waals surface area (Å²) in [7, 11) is 4.44. The maximum Gasteiger partial charge on any atom is 0.271 e. The minimum atomic E-state index is -0.456. The van der Waals surface area contributed by atoms with Gasteiger partial charge < -0.3 is 14.2 Å². The molecule has 1 aromatic heterocycles. The number of halogens is 2. The van der Waals surface area contributed by atoms with E-state index in [9.17, 15) is 4.79 Å². The summed E-state index contributed by atoms with van der Waals surface area (Å²) in [6.07, 6.45) is 1.46. The number of aryl methyl sites for hydroxylation is 1. The molecule has 0 unspecified atom stereocenters. The van der Waals surface area contributed by atoms with Crippen LogP contribution in [0.1, 0.15) is 27.2 Å². The average molecular weight is 477 g/mol. The van der Waals surface area contributed by atoms with Crippen LogP contribution < -0.4 is 19.6 Å². The average Bonchev–Trinajstić information content (AvgIpc) is 3.06. The molecule has 1 amide bonds. The van der Waals surface area contributed by atoms with Gasteiger partial charge in [-0.15, -0.1) is 0 Å². The third kappa shape index (κ3) is 5.15. The van der Waals surface area contributed by atoms with Crippen LogP contribution in [-0.4, -0.2) is 43.2 Å². The Balaban J connectivity index is 1.75. The first-order valence-corrected chi connectivity index (χ1v) is 10.2. The van der Waals surface area contributed by atoms with E-state index in [1.54, 1.807) is 4.68 Å². The Morgan fingerprint density at radius 1 is 1.09 bits per heavy atom. The van der Waals surface area contributed by atoms with Gasteiger partial charge in [-0.25, -0.2) is 10.1 Å². The number of benzene rings is 2. The van der Waals surface area contributed by atoms with Crippen LogP contribution in [0.4, 0.5) is 0 Å². The summed E-state index contributed by atoms with van der Waals surface area (Å²) >= 11 is 12.4. The number of carbonyl (C=O) groups excluding carboxylic acids is 1. The maximum atomic E-state index is 12.6. The van der Waals surface area contributed by atoms with E-state index in [1.165, 1.54) is 39.7 Å². The van der Waals surface area contributed by atoms with Gasteiger partial charge in [-0.2, -0.15) is 10.2 Å². The Hall–Kier alpha value is -3.23. The third-order valence-corrected chi connectivity index (χ3v) is 5.29. The third-order valence-electron chi connectivity index (χ3n) is 4.64. The van der Waals surface area contributed by atoms with E-state index in [1.807, 2.05) is 31.2 Å². The van der Waals surface area contributed by atoms with E-state index in [0.29, 0.717) is 45.2 Å². The number of amides is 1. The second kappa shape index (κ2) is 10.4. The number of ether oxygens (including phenoxy) is 3. The van der Waals surface area contributed by atoms with Crippen molar-refractivity contribution in [2.24, 2.45) is 5.10 Å². The van der Waals surface area contributed by atoms with E-state index in [0.717, 1.165) is 5.56 Å². The molecular weight excluding hydrogens is 455 g/mol. The number of carbonyl (C=O) groups is 1. The standard InChI is InChI=1S/C22H22Cl2N4O4/c1-13-17(21(24)28(27-13)12-14-5-7-16(23)8-6-14)11-25-26-22(29)15-9-18(30-2)20(32-4)19(10-15)31-3/h5-11H,12H2,1-4H3,(H,26,29)/b25-11+. The second-order valence-electron chi connectivity index (χ2n) is 6.69. The molecule has 0 fully saturated rings. The molecule has 0 radical (unpaired) electrons. The lowest BCUT2D eigenvalue weighted by Gasteiger charge is -2.13. The summed E-state index contributed by atoms with van der Waals surface area (Å²) in [4.78, 5) is 12.6. The Kier molecular flexibility index (Phi) is 7.61. The molecule has 2 aromatic carbocycles. The van der Waals surface area contributed by atoms with Crippen LogP contribution in [0.25, 0.3) is 0 Å². The van der Waals surface area contributed by atoms with Crippen molar-refractivity contribution in [2.45, 2.75) is 13.5 Å². The highest BCUT2D eigenvalue weighted by Gasteiger charge is 2.17. The Morgan fingerprint density at radius 2 is 1.72 bits per heavy atom. The molecule has 0 aliphatic heterocycles. The zero-order valence-electron chi connectivity index (χ0n) is 18.0. The molecule has 8 nitrogen and oxygen atoms in total. The summed E-state index contributed by atoms with van der Waals surface area (Å²) < 4.78 is 17.5. The summed E-state index contributed by atoms with van der Waals surface area (Å²) in [6.45, 7) is 2.29. The smallest absolute Gasteiger partial charge is 0.271 e. The van der Waals surface area contributed by atoms with Gasteiger partial charge in [-0.3, -0.25) is 4.79 Å². The van der Waals surface area contributed by atoms with Crippen molar-refractivity contribution in [3.05, 3.63) is 69.0 Å². The highest BCUT2D eigenvalue weighted by atomic mass is 35.5. The van der Waals surface area contributed by atoms with Gasteiger partial charge in [0.15, 0.2) is 11.5 Å². The fourth-order valence-electron chi connectivity index (χ4n) is 3.01. The quantitative estimate of drug-likeness (QED) is 0.386.